The fourth-order valence-electron chi connectivity index (χ4n) is 2.69. The van der Waals surface area contributed by atoms with Crippen molar-refractivity contribution in [1.29, 1.82) is 0 Å². The number of likely N-dealkylation sites (N-methyl/N-ethyl adjacent to an activating group) is 1. The van der Waals surface area contributed by atoms with Gasteiger partial charge in [-0.05, 0) is 25.5 Å². The zero-order valence-electron chi connectivity index (χ0n) is 12.0. The zero-order chi connectivity index (χ0) is 13.7. The molecule has 3 heteroatoms. The Labute approximate surface area is 115 Å². The van der Waals surface area contributed by atoms with Gasteiger partial charge >= 0.3 is 0 Å². The van der Waals surface area contributed by atoms with E-state index in [1.54, 1.807) is 0 Å². The van der Waals surface area contributed by atoms with E-state index in [0.29, 0.717) is 12.1 Å². The molecule has 1 heterocycles. The van der Waals surface area contributed by atoms with Gasteiger partial charge in [-0.25, -0.2) is 4.98 Å². The van der Waals surface area contributed by atoms with Gasteiger partial charge in [0.05, 0.1) is 12.1 Å². The monoisotopic (exact) mass is 257 g/mol. The molecular formula is C16H23N3. The maximum atomic E-state index is 4.36. The molecule has 0 aliphatic carbocycles. The molecule has 0 saturated heterocycles. The van der Waals surface area contributed by atoms with E-state index in [-0.39, 0.29) is 0 Å². The van der Waals surface area contributed by atoms with Crippen molar-refractivity contribution in [2.24, 2.45) is 0 Å². The fourth-order valence-corrected chi connectivity index (χ4v) is 2.69. The van der Waals surface area contributed by atoms with Crippen LogP contribution in [-0.4, -0.2) is 16.1 Å². The second-order valence-corrected chi connectivity index (χ2v) is 4.80. The molecule has 2 atom stereocenters. The predicted octanol–water partition coefficient (Wildman–Crippen LogP) is 3.49. The van der Waals surface area contributed by atoms with Gasteiger partial charge in [0.25, 0.3) is 0 Å². The maximum Gasteiger partial charge on any atom is 0.105 e. The molecule has 102 valence electrons. The van der Waals surface area contributed by atoms with Crippen LogP contribution in [-0.2, 0) is 0 Å². The molecule has 3 nitrogen and oxygen atoms in total. The first-order valence-electron chi connectivity index (χ1n) is 7.05. The second kappa shape index (κ2) is 6.53. The molecule has 0 amide bonds. The normalized spacial score (nSPS) is 14.3. The first kappa shape index (κ1) is 13.8. The number of benzene rings is 1. The van der Waals surface area contributed by atoms with Crippen LogP contribution in [0.4, 0.5) is 0 Å². The van der Waals surface area contributed by atoms with Crippen molar-refractivity contribution in [1.82, 2.24) is 14.9 Å². The highest BCUT2D eigenvalue weighted by molar-refractivity contribution is 5.20. The van der Waals surface area contributed by atoms with E-state index in [2.05, 4.69) is 72.2 Å². The van der Waals surface area contributed by atoms with Crippen LogP contribution in [0, 0.1) is 6.92 Å². The van der Waals surface area contributed by atoms with Crippen LogP contribution in [0.15, 0.2) is 42.7 Å². The lowest BCUT2D eigenvalue weighted by atomic mass is 9.97. The van der Waals surface area contributed by atoms with Crippen molar-refractivity contribution < 1.29 is 0 Å². The van der Waals surface area contributed by atoms with Gasteiger partial charge in [0.15, 0.2) is 0 Å². The Kier molecular flexibility index (Phi) is 4.74. The minimum Gasteiger partial charge on any atom is -0.330 e. The van der Waals surface area contributed by atoms with Crippen LogP contribution in [0.25, 0.3) is 0 Å². The Morgan fingerprint density at radius 3 is 2.47 bits per heavy atom. The summed E-state index contributed by atoms with van der Waals surface area (Å²) >= 11 is 0. The van der Waals surface area contributed by atoms with Gasteiger partial charge in [0.2, 0.25) is 0 Å². The Balaban J connectivity index is 2.34. The fraction of sp³-hybridized carbons (Fsp3) is 0.438. The van der Waals surface area contributed by atoms with Crippen LogP contribution in [0.5, 0.6) is 0 Å². The molecule has 0 aliphatic rings. The van der Waals surface area contributed by atoms with Gasteiger partial charge in [-0.2, -0.15) is 0 Å². The molecule has 2 aromatic rings. The van der Waals surface area contributed by atoms with Gasteiger partial charge in [0.1, 0.15) is 5.82 Å². The summed E-state index contributed by atoms with van der Waals surface area (Å²) in [6, 6.07) is 11.4. The minimum absolute atomic E-state index is 0.323. The van der Waals surface area contributed by atoms with Crippen molar-refractivity contribution in [3.8, 4) is 0 Å². The molecule has 0 saturated carbocycles. The predicted molar refractivity (Wildman–Crippen MR) is 79.2 cm³/mol. The first-order chi connectivity index (χ1) is 9.27. The van der Waals surface area contributed by atoms with Crippen LogP contribution < -0.4 is 5.32 Å². The van der Waals surface area contributed by atoms with Gasteiger partial charge in [0, 0.05) is 12.4 Å². The largest absolute Gasteiger partial charge is 0.330 e. The van der Waals surface area contributed by atoms with Gasteiger partial charge < -0.3 is 9.88 Å². The molecular weight excluding hydrogens is 234 g/mol. The molecule has 0 bridgehead atoms. The summed E-state index contributed by atoms with van der Waals surface area (Å²) in [7, 11) is 0. The van der Waals surface area contributed by atoms with E-state index < -0.39 is 0 Å². The molecule has 2 unspecified atom stereocenters. The lowest BCUT2D eigenvalue weighted by molar-refractivity contribution is 0.345. The average molecular weight is 257 g/mol. The van der Waals surface area contributed by atoms with E-state index in [4.69, 9.17) is 0 Å². The number of imidazole rings is 1. The Bertz CT molecular complexity index is 490. The second-order valence-electron chi connectivity index (χ2n) is 4.80. The van der Waals surface area contributed by atoms with E-state index >= 15 is 0 Å². The first-order valence-corrected chi connectivity index (χ1v) is 7.05. The average Bonchev–Trinajstić information content (AvgIpc) is 2.86. The maximum absolute atomic E-state index is 4.36. The molecule has 1 aromatic heterocycles. The third-order valence-electron chi connectivity index (χ3n) is 3.61. The number of nitrogens with one attached hydrogen (secondary N) is 1. The summed E-state index contributed by atoms with van der Waals surface area (Å²) in [6.07, 6.45) is 5.03. The molecule has 0 fully saturated rings. The number of rotatable bonds is 6. The van der Waals surface area contributed by atoms with E-state index in [1.165, 1.54) is 5.56 Å². The quantitative estimate of drug-likeness (QED) is 0.858. The van der Waals surface area contributed by atoms with E-state index in [9.17, 15) is 0 Å². The van der Waals surface area contributed by atoms with Crippen molar-refractivity contribution in [3.05, 3.63) is 54.1 Å². The van der Waals surface area contributed by atoms with Crippen LogP contribution in [0.3, 0.4) is 0 Å². The number of hydrogen-bond acceptors (Lipinski definition) is 2. The van der Waals surface area contributed by atoms with E-state index in [1.807, 2.05) is 6.20 Å². The summed E-state index contributed by atoms with van der Waals surface area (Å²) in [6.45, 7) is 7.42. The van der Waals surface area contributed by atoms with Gasteiger partial charge in [-0.15, -0.1) is 0 Å². The smallest absolute Gasteiger partial charge is 0.105 e. The zero-order valence-corrected chi connectivity index (χ0v) is 12.0. The van der Waals surface area contributed by atoms with Gasteiger partial charge in [-0.3, -0.25) is 0 Å². The molecule has 2 rings (SSSR count). The highest BCUT2D eigenvalue weighted by Crippen LogP contribution is 2.29. The van der Waals surface area contributed by atoms with Crippen molar-refractivity contribution in [3.63, 3.8) is 0 Å². The summed E-state index contributed by atoms with van der Waals surface area (Å²) in [5.41, 5.74) is 1.34. The lowest BCUT2D eigenvalue weighted by Crippen LogP contribution is -2.30. The number of aromatic nitrogens is 2. The third-order valence-corrected chi connectivity index (χ3v) is 3.61. The lowest BCUT2D eigenvalue weighted by Gasteiger charge is -2.29. The number of hydrogen-bond donors (Lipinski definition) is 1. The molecule has 0 radical (unpaired) electrons. The molecule has 0 aliphatic heterocycles. The van der Waals surface area contributed by atoms with Crippen molar-refractivity contribution in [2.45, 2.75) is 39.3 Å². The molecule has 1 N–H and O–H groups in total. The standard InChI is InChI=1S/C16H23N3/c1-4-15(19-12-11-18-13(19)3)16(17-5-2)14-9-7-6-8-10-14/h6-12,15-17H,4-5H2,1-3H3. The SMILES string of the molecule is CCNC(c1ccccc1)C(CC)n1ccnc1C. The topological polar surface area (TPSA) is 29.9 Å². The summed E-state index contributed by atoms with van der Waals surface area (Å²) in [5, 5.41) is 3.62. The summed E-state index contributed by atoms with van der Waals surface area (Å²) in [4.78, 5) is 4.36. The molecule has 1 aromatic carbocycles. The number of aryl methyl sites for hydroxylation is 1. The van der Waals surface area contributed by atoms with Crippen LogP contribution in [0.2, 0.25) is 0 Å². The Hall–Kier alpha value is -1.61. The molecule has 0 spiro atoms. The molecule has 19 heavy (non-hydrogen) atoms. The summed E-state index contributed by atoms with van der Waals surface area (Å²) < 4.78 is 2.28. The van der Waals surface area contributed by atoms with Crippen molar-refractivity contribution >= 4 is 0 Å². The summed E-state index contributed by atoms with van der Waals surface area (Å²) in [5.74, 6) is 1.07. The minimum atomic E-state index is 0.323. The Morgan fingerprint density at radius 1 is 1.21 bits per heavy atom. The van der Waals surface area contributed by atoms with Gasteiger partial charge in [-0.1, -0.05) is 44.2 Å². The number of nitrogens with zero attached hydrogens (tertiary/aromatic N) is 2. The third kappa shape index (κ3) is 3.04. The van der Waals surface area contributed by atoms with Crippen molar-refractivity contribution in [2.75, 3.05) is 6.54 Å². The van der Waals surface area contributed by atoms with Crippen LogP contribution in [0.1, 0.15) is 43.7 Å². The Morgan fingerprint density at radius 2 is 1.95 bits per heavy atom. The van der Waals surface area contributed by atoms with E-state index in [0.717, 1.165) is 18.8 Å². The highest BCUT2D eigenvalue weighted by Gasteiger charge is 2.23. The highest BCUT2D eigenvalue weighted by atomic mass is 15.1. The van der Waals surface area contributed by atoms with Crippen LogP contribution >= 0.6 is 0 Å².